The minimum atomic E-state index is -0.945. The van der Waals surface area contributed by atoms with E-state index in [4.69, 9.17) is 16.7 Å². The van der Waals surface area contributed by atoms with Crippen LogP contribution in [-0.4, -0.2) is 40.5 Å². The third-order valence-electron chi connectivity index (χ3n) is 3.23. The summed E-state index contributed by atoms with van der Waals surface area (Å²) in [5, 5.41) is 10.7. The van der Waals surface area contributed by atoms with Crippen molar-refractivity contribution in [3.63, 3.8) is 0 Å². The maximum Gasteiger partial charge on any atom is 0.308 e. The third-order valence-corrected chi connectivity index (χ3v) is 3.52. The van der Waals surface area contributed by atoms with Crippen LogP contribution in [0.5, 0.6) is 0 Å². The molecule has 21 heavy (non-hydrogen) atoms. The van der Waals surface area contributed by atoms with Gasteiger partial charge in [0.15, 0.2) is 0 Å². The van der Waals surface area contributed by atoms with Crippen molar-refractivity contribution < 1.29 is 14.7 Å². The number of rotatable bonds is 4. The molecule has 0 fully saturated rings. The number of hydrogen-bond donors (Lipinski definition) is 1. The molecule has 0 bridgehead atoms. The summed E-state index contributed by atoms with van der Waals surface area (Å²) >= 11 is 6.09. The Balaban J connectivity index is 2.29. The molecule has 6 heteroatoms. The Morgan fingerprint density at radius 3 is 2.71 bits per heavy atom. The molecule has 1 unspecified atom stereocenters. The summed E-state index contributed by atoms with van der Waals surface area (Å²) < 4.78 is 0. The minimum absolute atomic E-state index is 0.111. The average Bonchev–Trinajstić information content (AvgIpc) is 2.46. The minimum Gasteiger partial charge on any atom is -0.481 e. The molecule has 0 saturated carbocycles. The lowest BCUT2D eigenvalue weighted by atomic mass is 10.1. The van der Waals surface area contributed by atoms with Gasteiger partial charge >= 0.3 is 5.97 Å². The molecule has 1 aromatic heterocycles. The predicted octanol–water partition coefficient (Wildman–Crippen LogP) is 2.68. The molecule has 1 atom stereocenters. The fourth-order valence-corrected chi connectivity index (χ4v) is 2.30. The van der Waals surface area contributed by atoms with Crippen molar-refractivity contribution in [2.75, 3.05) is 13.6 Å². The van der Waals surface area contributed by atoms with E-state index in [2.05, 4.69) is 4.98 Å². The zero-order valence-electron chi connectivity index (χ0n) is 11.7. The van der Waals surface area contributed by atoms with Crippen LogP contribution in [0.3, 0.4) is 0 Å². The predicted molar refractivity (Wildman–Crippen MR) is 80.5 cm³/mol. The molecule has 0 saturated heterocycles. The molecule has 0 aliphatic rings. The molecule has 5 nitrogen and oxygen atoms in total. The number of carbonyl (C=O) groups excluding carboxylic acids is 1. The van der Waals surface area contributed by atoms with Crippen molar-refractivity contribution in [2.45, 2.75) is 6.92 Å². The van der Waals surface area contributed by atoms with Gasteiger partial charge in [0.2, 0.25) is 0 Å². The van der Waals surface area contributed by atoms with Gasteiger partial charge in [-0.25, -0.2) is 4.98 Å². The van der Waals surface area contributed by atoms with Crippen LogP contribution >= 0.6 is 11.6 Å². The molecular formula is C15H15ClN2O3. The summed E-state index contributed by atoms with van der Waals surface area (Å²) in [4.78, 5) is 28.6. The number of pyridine rings is 1. The summed E-state index contributed by atoms with van der Waals surface area (Å²) in [5.41, 5.74) is 0.207. The van der Waals surface area contributed by atoms with E-state index in [9.17, 15) is 9.59 Å². The number of nitrogens with zero attached hydrogens (tertiary/aromatic N) is 2. The maximum atomic E-state index is 12.3. The molecule has 2 rings (SSSR count). The first-order chi connectivity index (χ1) is 9.90. The first kappa shape index (κ1) is 15.3. The molecule has 1 aromatic carbocycles. The van der Waals surface area contributed by atoms with Crippen LogP contribution in [0.15, 0.2) is 30.3 Å². The summed E-state index contributed by atoms with van der Waals surface area (Å²) in [6.45, 7) is 1.66. The first-order valence-electron chi connectivity index (χ1n) is 6.43. The van der Waals surface area contributed by atoms with Gasteiger partial charge in [-0.2, -0.15) is 0 Å². The van der Waals surface area contributed by atoms with Crippen LogP contribution in [0.4, 0.5) is 0 Å². The van der Waals surface area contributed by atoms with Crippen LogP contribution in [0.25, 0.3) is 10.8 Å². The second-order valence-corrected chi connectivity index (χ2v) is 5.30. The number of aliphatic carboxylic acids is 1. The highest BCUT2D eigenvalue weighted by Gasteiger charge is 2.20. The summed E-state index contributed by atoms with van der Waals surface area (Å²) in [7, 11) is 1.55. The Labute approximate surface area is 127 Å². The van der Waals surface area contributed by atoms with Crippen molar-refractivity contribution in [1.29, 1.82) is 0 Å². The highest BCUT2D eigenvalue weighted by atomic mass is 35.5. The van der Waals surface area contributed by atoms with E-state index < -0.39 is 11.9 Å². The van der Waals surface area contributed by atoms with Gasteiger partial charge in [-0.15, -0.1) is 0 Å². The number of aromatic nitrogens is 1. The van der Waals surface area contributed by atoms with Gasteiger partial charge in [0.25, 0.3) is 5.91 Å². The quantitative estimate of drug-likeness (QED) is 0.882. The molecule has 2 aromatic rings. The lowest BCUT2D eigenvalue weighted by molar-refractivity contribution is -0.141. The van der Waals surface area contributed by atoms with Gasteiger partial charge < -0.3 is 10.0 Å². The molecule has 1 amide bonds. The number of carboxylic acid groups (broad SMARTS) is 1. The van der Waals surface area contributed by atoms with E-state index in [1.165, 1.54) is 4.90 Å². The van der Waals surface area contributed by atoms with E-state index in [-0.39, 0.29) is 23.3 Å². The number of fused-ring (bicyclic) bond motifs is 1. The molecule has 1 heterocycles. The maximum absolute atomic E-state index is 12.3. The second-order valence-electron chi connectivity index (χ2n) is 4.94. The highest BCUT2D eigenvalue weighted by Crippen LogP contribution is 2.22. The van der Waals surface area contributed by atoms with Gasteiger partial charge in [0.05, 0.1) is 5.92 Å². The summed E-state index contributed by atoms with van der Waals surface area (Å²) in [6, 6.07) is 9.03. The normalized spacial score (nSPS) is 12.1. The van der Waals surface area contributed by atoms with E-state index >= 15 is 0 Å². The number of halogens is 1. The monoisotopic (exact) mass is 306 g/mol. The molecule has 0 spiro atoms. The smallest absolute Gasteiger partial charge is 0.308 e. The van der Waals surface area contributed by atoms with E-state index in [0.29, 0.717) is 0 Å². The molecule has 110 valence electrons. The lowest BCUT2D eigenvalue weighted by Gasteiger charge is -2.19. The van der Waals surface area contributed by atoms with Crippen molar-refractivity contribution >= 4 is 34.2 Å². The number of amides is 1. The molecular weight excluding hydrogens is 292 g/mol. The van der Waals surface area contributed by atoms with Crippen LogP contribution < -0.4 is 0 Å². The van der Waals surface area contributed by atoms with Crippen molar-refractivity contribution in [3.05, 3.63) is 41.2 Å². The van der Waals surface area contributed by atoms with Crippen LogP contribution in [0.1, 0.15) is 17.4 Å². The van der Waals surface area contributed by atoms with Crippen molar-refractivity contribution in [2.24, 2.45) is 5.92 Å². The lowest BCUT2D eigenvalue weighted by Crippen LogP contribution is -2.34. The fraction of sp³-hybridized carbons (Fsp3) is 0.267. The zero-order valence-corrected chi connectivity index (χ0v) is 12.5. The second kappa shape index (κ2) is 6.10. The molecule has 0 aliphatic heterocycles. The van der Waals surface area contributed by atoms with Crippen LogP contribution in [0.2, 0.25) is 5.15 Å². The third kappa shape index (κ3) is 3.31. The van der Waals surface area contributed by atoms with Gasteiger partial charge in [-0.05, 0) is 11.5 Å². The highest BCUT2D eigenvalue weighted by molar-refractivity contribution is 6.34. The Morgan fingerprint density at radius 2 is 2.05 bits per heavy atom. The number of carbonyl (C=O) groups is 2. The fourth-order valence-electron chi connectivity index (χ4n) is 2.03. The summed E-state index contributed by atoms with van der Waals surface area (Å²) in [5.74, 6) is -1.94. The van der Waals surface area contributed by atoms with E-state index in [1.807, 2.05) is 24.3 Å². The Hall–Kier alpha value is -2.14. The SMILES string of the molecule is CC(CN(C)C(=O)c1cc2ccccc2c(Cl)n1)C(=O)O. The first-order valence-corrected chi connectivity index (χ1v) is 6.81. The van der Waals surface area contributed by atoms with Crippen LogP contribution in [0, 0.1) is 5.92 Å². The van der Waals surface area contributed by atoms with Crippen LogP contribution in [-0.2, 0) is 4.79 Å². The Bertz CT molecular complexity index is 702. The zero-order chi connectivity index (χ0) is 15.6. The average molecular weight is 307 g/mol. The molecule has 1 N–H and O–H groups in total. The van der Waals surface area contributed by atoms with E-state index in [1.54, 1.807) is 20.0 Å². The molecule has 0 radical (unpaired) electrons. The van der Waals surface area contributed by atoms with E-state index in [0.717, 1.165) is 10.8 Å². The molecule has 0 aliphatic carbocycles. The number of carboxylic acids is 1. The standard InChI is InChI=1S/C15H15ClN2O3/c1-9(15(20)21)8-18(2)14(19)12-7-10-5-3-4-6-11(10)13(16)17-12/h3-7,9H,8H2,1-2H3,(H,20,21). The van der Waals surface area contributed by atoms with Gasteiger partial charge in [-0.1, -0.05) is 42.8 Å². The van der Waals surface area contributed by atoms with Gasteiger partial charge in [0, 0.05) is 19.0 Å². The summed E-state index contributed by atoms with van der Waals surface area (Å²) in [6.07, 6.45) is 0. The number of hydrogen-bond acceptors (Lipinski definition) is 3. The topological polar surface area (TPSA) is 70.5 Å². The Morgan fingerprint density at radius 1 is 1.38 bits per heavy atom. The van der Waals surface area contributed by atoms with Crippen molar-refractivity contribution in [3.8, 4) is 0 Å². The number of benzene rings is 1. The largest absolute Gasteiger partial charge is 0.481 e. The van der Waals surface area contributed by atoms with Gasteiger partial charge in [0.1, 0.15) is 10.8 Å². The van der Waals surface area contributed by atoms with Gasteiger partial charge in [-0.3, -0.25) is 9.59 Å². The Kier molecular flexibility index (Phi) is 4.43. The van der Waals surface area contributed by atoms with Crippen molar-refractivity contribution in [1.82, 2.24) is 9.88 Å².